The van der Waals surface area contributed by atoms with Crippen molar-refractivity contribution in [2.24, 2.45) is 0 Å². The second-order valence-corrected chi connectivity index (χ2v) is 5.15. The third-order valence-corrected chi connectivity index (χ3v) is 3.27. The molecule has 0 bridgehead atoms. The van der Waals surface area contributed by atoms with Gasteiger partial charge in [-0.2, -0.15) is 0 Å². The predicted molar refractivity (Wildman–Crippen MR) is 89.5 cm³/mol. The smallest absolute Gasteiger partial charge is 0.130 e. The van der Waals surface area contributed by atoms with E-state index in [1.54, 1.807) is 6.20 Å². The molecule has 110 valence electrons. The Morgan fingerprint density at radius 2 is 1.82 bits per heavy atom. The fourth-order valence-electron chi connectivity index (χ4n) is 2.16. The lowest BCUT2D eigenvalue weighted by Gasteiger charge is -2.10. The van der Waals surface area contributed by atoms with Crippen LogP contribution in [0.15, 0.2) is 72.9 Å². The lowest BCUT2D eigenvalue weighted by atomic mass is 10.2. The van der Waals surface area contributed by atoms with Crippen molar-refractivity contribution in [3.05, 3.63) is 84.1 Å². The summed E-state index contributed by atoms with van der Waals surface area (Å²) in [7, 11) is 0. The van der Waals surface area contributed by atoms with E-state index < -0.39 is 0 Å². The second-order valence-electron chi connectivity index (χ2n) is 5.15. The average molecular weight is 290 g/mol. The Morgan fingerprint density at radius 1 is 0.955 bits per heavy atom. The van der Waals surface area contributed by atoms with E-state index in [9.17, 15) is 0 Å². The standard InChI is InChI=1S/C19H18N2O/c1-15-10-11-20-19(12-15)21-17-8-5-9-18(13-17)22-14-16-6-3-2-4-7-16/h2-13H,14H2,1H3,(H,20,21). The van der Waals surface area contributed by atoms with E-state index >= 15 is 0 Å². The van der Waals surface area contributed by atoms with Crippen molar-refractivity contribution in [3.8, 4) is 5.75 Å². The molecule has 0 aliphatic carbocycles. The van der Waals surface area contributed by atoms with Crippen LogP contribution in [0.2, 0.25) is 0 Å². The molecule has 0 aliphatic heterocycles. The molecule has 22 heavy (non-hydrogen) atoms. The third kappa shape index (κ3) is 3.85. The number of nitrogens with zero attached hydrogens (tertiary/aromatic N) is 1. The SMILES string of the molecule is Cc1ccnc(Nc2cccc(OCc3ccccc3)c2)c1. The maximum Gasteiger partial charge on any atom is 0.130 e. The minimum Gasteiger partial charge on any atom is -0.489 e. The van der Waals surface area contributed by atoms with Gasteiger partial charge in [0, 0.05) is 18.0 Å². The molecule has 0 aliphatic rings. The Bertz CT molecular complexity index is 741. The number of pyridine rings is 1. The number of nitrogens with one attached hydrogen (secondary N) is 1. The van der Waals surface area contributed by atoms with Gasteiger partial charge in [0.15, 0.2) is 0 Å². The summed E-state index contributed by atoms with van der Waals surface area (Å²) in [6.07, 6.45) is 1.80. The number of hydrogen-bond donors (Lipinski definition) is 1. The number of rotatable bonds is 5. The molecule has 0 radical (unpaired) electrons. The first-order chi connectivity index (χ1) is 10.8. The number of anilines is 2. The van der Waals surface area contributed by atoms with E-state index in [4.69, 9.17) is 4.74 Å². The highest BCUT2D eigenvalue weighted by Crippen LogP contribution is 2.21. The van der Waals surface area contributed by atoms with Gasteiger partial charge in [0.2, 0.25) is 0 Å². The molecule has 0 amide bonds. The molecule has 1 heterocycles. The molecular weight excluding hydrogens is 272 g/mol. The van der Waals surface area contributed by atoms with Crippen LogP contribution in [0, 0.1) is 6.92 Å². The van der Waals surface area contributed by atoms with Gasteiger partial charge in [-0.25, -0.2) is 4.98 Å². The monoisotopic (exact) mass is 290 g/mol. The molecule has 2 aromatic carbocycles. The number of benzene rings is 2. The van der Waals surface area contributed by atoms with Crippen molar-refractivity contribution in [3.63, 3.8) is 0 Å². The summed E-state index contributed by atoms with van der Waals surface area (Å²) >= 11 is 0. The van der Waals surface area contributed by atoms with Crippen LogP contribution >= 0.6 is 0 Å². The van der Waals surface area contributed by atoms with Crippen LogP contribution in [-0.2, 0) is 6.61 Å². The zero-order chi connectivity index (χ0) is 15.2. The zero-order valence-corrected chi connectivity index (χ0v) is 12.5. The van der Waals surface area contributed by atoms with Gasteiger partial charge in [0.1, 0.15) is 18.2 Å². The van der Waals surface area contributed by atoms with E-state index in [1.807, 2.05) is 61.5 Å². The van der Waals surface area contributed by atoms with Gasteiger partial charge < -0.3 is 10.1 Å². The minimum absolute atomic E-state index is 0.562. The van der Waals surface area contributed by atoms with Gasteiger partial charge in [-0.05, 0) is 42.3 Å². The van der Waals surface area contributed by atoms with Gasteiger partial charge >= 0.3 is 0 Å². The predicted octanol–water partition coefficient (Wildman–Crippen LogP) is 4.71. The van der Waals surface area contributed by atoms with Gasteiger partial charge in [0.25, 0.3) is 0 Å². The number of aryl methyl sites for hydroxylation is 1. The first kappa shape index (κ1) is 14.1. The molecular formula is C19H18N2O. The van der Waals surface area contributed by atoms with Crippen LogP contribution in [0.3, 0.4) is 0 Å². The van der Waals surface area contributed by atoms with Crippen LogP contribution in [0.1, 0.15) is 11.1 Å². The highest BCUT2D eigenvalue weighted by molar-refractivity contribution is 5.58. The molecule has 3 heteroatoms. The van der Waals surface area contributed by atoms with Gasteiger partial charge in [0.05, 0.1) is 0 Å². The van der Waals surface area contributed by atoms with Crippen molar-refractivity contribution in [2.45, 2.75) is 13.5 Å². The topological polar surface area (TPSA) is 34.2 Å². The van der Waals surface area contributed by atoms with Crippen LogP contribution < -0.4 is 10.1 Å². The Morgan fingerprint density at radius 3 is 2.64 bits per heavy atom. The summed E-state index contributed by atoms with van der Waals surface area (Å²) < 4.78 is 5.83. The lowest BCUT2D eigenvalue weighted by molar-refractivity contribution is 0.306. The Labute approximate surface area is 130 Å². The van der Waals surface area contributed by atoms with E-state index in [0.717, 1.165) is 22.8 Å². The van der Waals surface area contributed by atoms with Crippen molar-refractivity contribution in [1.82, 2.24) is 4.98 Å². The van der Waals surface area contributed by atoms with E-state index in [1.165, 1.54) is 5.56 Å². The van der Waals surface area contributed by atoms with Crippen molar-refractivity contribution < 1.29 is 4.74 Å². The van der Waals surface area contributed by atoms with Crippen LogP contribution in [0.25, 0.3) is 0 Å². The van der Waals surface area contributed by atoms with Crippen LogP contribution in [-0.4, -0.2) is 4.98 Å². The van der Waals surface area contributed by atoms with Gasteiger partial charge in [-0.1, -0.05) is 36.4 Å². The molecule has 3 nitrogen and oxygen atoms in total. The number of hydrogen-bond acceptors (Lipinski definition) is 3. The molecule has 0 saturated heterocycles. The van der Waals surface area contributed by atoms with Gasteiger partial charge in [-0.3, -0.25) is 0 Å². The van der Waals surface area contributed by atoms with Crippen molar-refractivity contribution >= 4 is 11.5 Å². The van der Waals surface area contributed by atoms with Crippen molar-refractivity contribution in [2.75, 3.05) is 5.32 Å². The minimum atomic E-state index is 0.562. The van der Waals surface area contributed by atoms with E-state index in [0.29, 0.717) is 6.61 Å². The summed E-state index contributed by atoms with van der Waals surface area (Å²) in [5.74, 6) is 1.67. The fraction of sp³-hybridized carbons (Fsp3) is 0.105. The van der Waals surface area contributed by atoms with Crippen LogP contribution in [0.5, 0.6) is 5.75 Å². The fourth-order valence-corrected chi connectivity index (χ4v) is 2.16. The quantitative estimate of drug-likeness (QED) is 0.738. The Balaban J connectivity index is 1.67. The second kappa shape index (κ2) is 6.76. The van der Waals surface area contributed by atoms with E-state index in [2.05, 4.69) is 22.4 Å². The molecule has 0 spiro atoms. The summed E-state index contributed by atoms with van der Waals surface area (Å²) in [6.45, 7) is 2.61. The Hall–Kier alpha value is -2.81. The number of aromatic nitrogens is 1. The van der Waals surface area contributed by atoms with Crippen LogP contribution in [0.4, 0.5) is 11.5 Å². The first-order valence-corrected chi connectivity index (χ1v) is 7.26. The molecule has 0 fully saturated rings. The molecule has 3 aromatic rings. The summed E-state index contributed by atoms with van der Waals surface area (Å²) in [5.41, 5.74) is 3.29. The summed E-state index contributed by atoms with van der Waals surface area (Å²) in [6, 6.07) is 22.0. The molecule has 0 unspecified atom stereocenters. The molecule has 0 atom stereocenters. The zero-order valence-electron chi connectivity index (χ0n) is 12.5. The Kier molecular flexibility index (Phi) is 4.35. The molecule has 1 aromatic heterocycles. The molecule has 1 N–H and O–H groups in total. The van der Waals surface area contributed by atoms with Gasteiger partial charge in [-0.15, -0.1) is 0 Å². The normalized spacial score (nSPS) is 10.2. The maximum absolute atomic E-state index is 5.83. The highest BCUT2D eigenvalue weighted by atomic mass is 16.5. The molecule has 0 saturated carbocycles. The molecule has 3 rings (SSSR count). The van der Waals surface area contributed by atoms with Crippen molar-refractivity contribution in [1.29, 1.82) is 0 Å². The average Bonchev–Trinajstić information content (AvgIpc) is 2.54. The summed E-state index contributed by atoms with van der Waals surface area (Å²) in [5, 5.41) is 3.29. The number of ether oxygens (including phenoxy) is 1. The summed E-state index contributed by atoms with van der Waals surface area (Å²) in [4.78, 5) is 4.31. The largest absolute Gasteiger partial charge is 0.489 e. The highest BCUT2D eigenvalue weighted by Gasteiger charge is 2.00. The lowest BCUT2D eigenvalue weighted by Crippen LogP contribution is -1.97. The first-order valence-electron chi connectivity index (χ1n) is 7.26. The van der Waals surface area contributed by atoms with E-state index in [-0.39, 0.29) is 0 Å². The third-order valence-electron chi connectivity index (χ3n) is 3.27. The maximum atomic E-state index is 5.83.